The topological polar surface area (TPSA) is 28.2 Å². The lowest BCUT2D eigenvalue weighted by Crippen LogP contribution is -2.42. The van der Waals surface area contributed by atoms with Gasteiger partial charge in [0.2, 0.25) is 0 Å². The summed E-state index contributed by atoms with van der Waals surface area (Å²) in [6.07, 6.45) is 3.37. The molecule has 114 valence electrons. The Morgan fingerprint density at radius 2 is 2.05 bits per heavy atom. The van der Waals surface area contributed by atoms with Crippen molar-refractivity contribution in [3.8, 4) is 0 Å². The van der Waals surface area contributed by atoms with Crippen LogP contribution in [0.5, 0.6) is 0 Å². The zero-order chi connectivity index (χ0) is 15.2. The maximum Gasteiger partial charge on any atom is 0.141 e. The SMILES string of the molecule is CCNC(CCN(C)C(C)(C)CC)c1ccc(F)cn1. The summed E-state index contributed by atoms with van der Waals surface area (Å²) in [5.74, 6) is -0.284. The minimum absolute atomic E-state index is 0.177. The van der Waals surface area contributed by atoms with Crippen LogP contribution in [0.2, 0.25) is 0 Å². The van der Waals surface area contributed by atoms with E-state index in [4.69, 9.17) is 0 Å². The Balaban J connectivity index is 2.66. The van der Waals surface area contributed by atoms with Crippen molar-refractivity contribution in [2.75, 3.05) is 20.1 Å². The monoisotopic (exact) mass is 281 g/mol. The van der Waals surface area contributed by atoms with Gasteiger partial charge in [-0.3, -0.25) is 4.98 Å². The first-order valence-corrected chi connectivity index (χ1v) is 7.46. The number of pyridine rings is 1. The van der Waals surface area contributed by atoms with E-state index in [1.165, 1.54) is 12.3 Å². The maximum absolute atomic E-state index is 13.0. The molecule has 0 amide bonds. The summed E-state index contributed by atoms with van der Waals surface area (Å²) >= 11 is 0. The van der Waals surface area contributed by atoms with Gasteiger partial charge in [-0.25, -0.2) is 4.39 Å². The Morgan fingerprint density at radius 1 is 1.35 bits per heavy atom. The molecule has 0 saturated heterocycles. The smallest absolute Gasteiger partial charge is 0.141 e. The average Bonchev–Trinajstić information content (AvgIpc) is 2.44. The average molecular weight is 281 g/mol. The second-order valence-electron chi connectivity index (χ2n) is 5.89. The van der Waals surface area contributed by atoms with Gasteiger partial charge in [0.05, 0.1) is 17.9 Å². The van der Waals surface area contributed by atoms with Crippen LogP contribution in [-0.4, -0.2) is 35.6 Å². The summed E-state index contributed by atoms with van der Waals surface area (Å²) in [6, 6.07) is 3.43. The van der Waals surface area contributed by atoms with Gasteiger partial charge in [0, 0.05) is 12.1 Å². The molecule has 3 nitrogen and oxygen atoms in total. The number of nitrogens with one attached hydrogen (secondary N) is 1. The summed E-state index contributed by atoms with van der Waals surface area (Å²) in [5, 5.41) is 3.43. The molecule has 0 saturated carbocycles. The van der Waals surface area contributed by atoms with Crippen molar-refractivity contribution in [3.63, 3.8) is 0 Å². The largest absolute Gasteiger partial charge is 0.309 e. The van der Waals surface area contributed by atoms with Gasteiger partial charge in [-0.2, -0.15) is 0 Å². The van der Waals surface area contributed by atoms with Crippen molar-refractivity contribution in [2.24, 2.45) is 0 Å². The minimum atomic E-state index is -0.284. The normalized spacial score (nSPS) is 13.8. The van der Waals surface area contributed by atoms with Gasteiger partial charge in [0.15, 0.2) is 0 Å². The van der Waals surface area contributed by atoms with Crippen LogP contribution in [0.15, 0.2) is 18.3 Å². The van der Waals surface area contributed by atoms with E-state index in [2.05, 4.69) is 49.9 Å². The van der Waals surface area contributed by atoms with Crippen LogP contribution in [0.25, 0.3) is 0 Å². The van der Waals surface area contributed by atoms with Crippen LogP contribution >= 0.6 is 0 Å². The fourth-order valence-electron chi connectivity index (χ4n) is 2.09. The van der Waals surface area contributed by atoms with Crippen LogP contribution in [0, 0.1) is 5.82 Å². The van der Waals surface area contributed by atoms with Crippen molar-refractivity contribution in [3.05, 3.63) is 29.8 Å². The number of hydrogen-bond donors (Lipinski definition) is 1. The van der Waals surface area contributed by atoms with Crippen molar-refractivity contribution in [1.29, 1.82) is 0 Å². The highest BCUT2D eigenvalue weighted by Gasteiger charge is 2.22. The van der Waals surface area contributed by atoms with Crippen LogP contribution < -0.4 is 5.32 Å². The number of nitrogens with zero attached hydrogens (tertiary/aromatic N) is 2. The first-order valence-electron chi connectivity index (χ1n) is 7.46. The van der Waals surface area contributed by atoms with E-state index in [9.17, 15) is 4.39 Å². The van der Waals surface area contributed by atoms with Crippen LogP contribution in [0.4, 0.5) is 4.39 Å². The highest BCUT2D eigenvalue weighted by atomic mass is 19.1. The van der Waals surface area contributed by atoms with Crippen LogP contribution in [0.3, 0.4) is 0 Å². The van der Waals surface area contributed by atoms with Gasteiger partial charge in [-0.15, -0.1) is 0 Å². The molecule has 1 heterocycles. The predicted molar refractivity (Wildman–Crippen MR) is 82.2 cm³/mol. The second-order valence-corrected chi connectivity index (χ2v) is 5.89. The molecule has 0 radical (unpaired) electrons. The van der Waals surface area contributed by atoms with E-state index in [0.29, 0.717) is 0 Å². The molecular weight excluding hydrogens is 253 g/mol. The molecule has 1 atom stereocenters. The molecule has 1 unspecified atom stereocenters. The van der Waals surface area contributed by atoms with Gasteiger partial charge in [0.25, 0.3) is 0 Å². The van der Waals surface area contributed by atoms with E-state index in [0.717, 1.165) is 31.6 Å². The summed E-state index contributed by atoms with van der Waals surface area (Å²) < 4.78 is 13.0. The third kappa shape index (κ3) is 4.84. The Kier molecular flexibility index (Phi) is 6.56. The molecular formula is C16H28FN3. The van der Waals surface area contributed by atoms with Crippen molar-refractivity contribution in [1.82, 2.24) is 15.2 Å². The van der Waals surface area contributed by atoms with Gasteiger partial charge in [-0.05, 0) is 52.4 Å². The number of rotatable bonds is 8. The molecule has 1 rings (SSSR count). The minimum Gasteiger partial charge on any atom is -0.309 e. The number of aromatic nitrogens is 1. The second kappa shape index (κ2) is 7.70. The van der Waals surface area contributed by atoms with E-state index in [1.807, 2.05) is 0 Å². The summed E-state index contributed by atoms with van der Waals surface area (Å²) in [4.78, 5) is 6.58. The molecule has 0 spiro atoms. The van der Waals surface area contributed by atoms with Gasteiger partial charge in [-0.1, -0.05) is 13.8 Å². The Bertz CT molecular complexity index is 389. The molecule has 1 aromatic heterocycles. The van der Waals surface area contributed by atoms with Crippen molar-refractivity contribution in [2.45, 2.75) is 52.1 Å². The molecule has 0 aliphatic rings. The summed E-state index contributed by atoms with van der Waals surface area (Å²) in [7, 11) is 2.16. The van der Waals surface area contributed by atoms with E-state index in [1.54, 1.807) is 6.07 Å². The van der Waals surface area contributed by atoms with Gasteiger partial charge < -0.3 is 10.2 Å². The Morgan fingerprint density at radius 3 is 2.55 bits per heavy atom. The van der Waals surface area contributed by atoms with Crippen LogP contribution in [0.1, 0.15) is 52.3 Å². The van der Waals surface area contributed by atoms with E-state index < -0.39 is 0 Å². The Hall–Kier alpha value is -1.00. The molecule has 0 bridgehead atoms. The molecule has 4 heteroatoms. The Labute approximate surface area is 122 Å². The summed E-state index contributed by atoms with van der Waals surface area (Å²) in [5.41, 5.74) is 1.11. The highest BCUT2D eigenvalue weighted by Crippen LogP contribution is 2.20. The third-order valence-electron chi connectivity index (χ3n) is 4.21. The molecule has 0 aliphatic carbocycles. The number of halogens is 1. The zero-order valence-corrected chi connectivity index (χ0v) is 13.4. The van der Waals surface area contributed by atoms with Crippen LogP contribution in [-0.2, 0) is 0 Å². The molecule has 0 aliphatic heterocycles. The zero-order valence-electron chi connectivity index (χ0n) is 13.4. The number of hydrogen-bond acceptors (Lipinski definition) is 3. The maximum atomic E-state index is 13.0. The molecule has 0 fully saturated rings. The quantitative estimate of drug-likeness (QED) is 0.792. The molecule has 1 aromatic rings. The fraction of sp³-hybridized carbons (Fsp3) is 0.688. The molecule has 1 N–H and O–H groups in total. The third-order valence-corrected chi connectivity index (χ3v) is 4.21. The predicted octanol–water partition coefficient (Wildman–Crippen LogP) is 3.38. The molecule has 20 heavy (non-hydrogen) atoms. The van der Waals surface area contributed by atoms with Crippen molar-refractivity contribution >= 4 is 0 Å². The highest BCUT2D eigenvalue weighted by molar-refractivity contribution is 5.10. The van der Waals surface area contributed by atoms with Crippen molar-refractivity contribution < 1.29 is 4.39 Å². The van der Waals surface area contributed by atoms with Gasteiger partial charge >= 0.3 is 0 Å². The van der Waals surface area contributed by atoms with E-state index >= 15 is 0 Å². The van der Waals surface area contributed by atoms with Gasteiger partial charge in [0.1, 0.15) is 5.82 Å². The standard InChI is InChI=1S/C16H28FN3/c1-6-16(3,4)20(5)11-10-15(18-7-2)14-9-8-13(17)12-19-14/h8-9,12,15,18H,6-7,10-11H2,1-5H3. The lowest BCUT2D eigenvalue weighted by Gasteiger charge is -2.35. The van der Waals surface area contributed by atoms with E-state index in [-0.39, 0.29) is 17.4 Å². The lowest BCUT2D eigenvalue weighted by molar-refractivity contribution is 0.144. The first kappa shape index (κ1) is 17.1. The lowest BCUT2D eigenvalue weighted by atomic mass is 9.99. The first-order chi connectivity index (χ1) is 9.40. The molecule has 0 aromatic carbocycles. The summed E-state index contributed by atoms with van der Waals surface area (Å²) in [6.45, 7) is 10.7. The fourth-order valence-corrected chi connectivity index (χ4v) is 2.09.